The molecule has 1 heterocycles. The summed E-state index contributed by atoms with van der Waals surface area (Å²) in [5.41, 5.74) is -0.177. The first kappa shape index (κ1) is 16.6. The molecular weight excluding hydrogens is 292 g/mol. The number of benzene rings is 1. The minimum Gasteiger partial charge on any atom is -0.595 e. The Balaban J connectivity index is 2.15. The van der Waals surface area contributed by atoms with Crippen molar-refractivity contribution >= 4 is 23.1 Å². The summed E-state index contributed by atoms with van der Waals surface area (Å²) >= 11 is 0. The molecule has 2 amide bonds. The van der Waals surface area contributed by atoms with Crippen molar-refractivity contribution < 1.29 is 25.7 Å². The van der Waals surface area contributed by atoms with Crippen LogP contribution in [0.15, 0.2) is 18.2 Å². The fourth-order valence-corrected chi connectivity index (χ4v) is 2.42. The average molecular weight is 312 g/mol. The fourth-order valence-electron chi connectivity index (χ4n) is 2.42. The summed E-state index contributed by atoms with van der Waals surface area (Å²) < 4.78 is 0. The van der Waals surface area contributed by atoms with Gasteiger partial charge in [0.1, 0.15) is 0 Å². The molecule has 1 aromatic carbocycles. The van der Waals surface area contributed by atoms with Crippen molar-refractivity contribution in [2.24, 2.45) is 0 Å². The quantitative estimate of drug-likeness (QED) is 0.498. The summed E-state index contributed by atoms with van der Waals surface area (Å²) in [4.78, 5) is 13.9. The van der Waals surface area contributed by atoms with E-state index in [2.05, 4.69) is 5.32 Å². The second-order valence-electron chi connectivity index (χ2n) is 5.24. The fraction of sp³-hybridized carbons (Fsp3) is 0.462. The van der Waals surface area contributed by atoms with E-state index in [9.17, 15) is 15.2 Å². The van der Waals surface area contributed by atoms with Gasteiger partial charge in [0.25, 0.3) is 0 Å². The van der Waals surface area contributed by atoms with Gasteiger partial charge in [0, 0.05) is 25.2 Å². The summed E-state index contributed by atoms with van der Waals surface area (Å²) in [5.74, 6) is 0. The molecule has 0 spiro atoms. The first-order chi connectivity index (χ1) is 10.5. The average Bonchev–Trinajstić information content (AvgIpc) is 2.75. The van der Waals surface area contributed by atoms with Crippen LogP contribution in [0.3, 0.4) is 0 Å². The molecule has 2 rings (SSSR count). The van der Waals surface area contributed by atoms with Crippen molar-refractivity contribution in [3.05, 3.63) is 28.6 Å². The predicted molar refractivity (Wildman–Crippen MR) is 77.1 cm³/mol. The number of nitrogens with one attached hydrogen (secondary N) is 3. The highest BCUT2D eigenvalue weighted by molar-refractivity contribution is 5.90. The van der Waals surface area contributed by atoms with Crippen molar-refractivity contribution in [3.8, 4) is 0 Å². The summed E-state index contributed by atoms with van der Waals surface area (Å²) in [6.07, 6.45) is 4.04. The van der Waals surface area contributed by atoms with Crippen LogP contribution in [0.5, 0.6) is 0 Å². The summed E-state index contributed by atoms with van der Waals surface area (Å²) in [6.45, 7) is 1.30. The zero-order valence-electron chi connectivity index (χ0n) is 12.0. The van der Waals surface area contributed by atoms with Gasteiger partial charge in [-0.05, 0) is 12.8 Å². The molecule has 1 fully saturated rings. The van der Waals surface area contributed by atoms with Crippen LogP contribution in [0.25, 0.3) is 0 Å². The second kappa shape index (κ2) is 7.49. The lowest BCUT2D eigenvalue weighted by Crippen LogP contribution is -3.00. The zero-order valence-corrected chi connectivity index (χ0v) is 12.0. The number of urea groups is 1. The Morgan fingerprint density at radius 3 is 1.95 bits per heavy atom. The van der Waals surface area contributed by atoms with Crippen molar-refractivity contribution in [1.29, 1.82) is 0 Å². The van der Waals surface area contributed by atoms with Gasteiger partial charge in [0.2, 0.25) is 0 Å². The third-order valence-electron chi connectivity index (χ3n) is 3.57. The van der Waals surface area contributed by atoms with Gasteiger partial charge in [-0.25, -0.2) is 15.2 Å². The van der Waals surface area contributed by atoms with Crippen LogP contribution in [0.1, 0.15) is 25.7 Å². The Bertz CT molecular complexity index is 489. The molecule has 1 aliphatic rings. The second-order valence-corrected chi connectivity index (χ2v) is 5.24. The molecule has 1 aliphatic heterocycles. The molecule has 9 heteroatoms. The van der Waals surface area contributed by atoms with Gasteiger partial charge in [0.15, 0.2) is 11.4 Å². The molecule has 0 aromatic heterocycles. The topological polar surface area (TPSA) is 128 Å². The summed E-state index contributed by atoms with van der Waals surface area (Å²) in [6, 6.07) is 3.24. The number of hydrogen-bond donors (Lipinski definition) is 5. The number of anilines is 1. The molecule has 2 atom stereocenters. The third kappa shape index (κ3) is 4.37. The summed E-state index contributed by atoms with van der Waals surface area (Å²) in [5, 5.41) is 40.2. The van der Waals surface area contributed by atoms with Crippen molar-refractivity contribution in [2.75, 3.05) is 18.4 Å². The number of nitrogens with zero attached hydrogens (tertiary/aromatic N) is 1. The van der Waals surface area contributed by atoms with Gasteiger partial charge in [-0.2, -0.15) is 10.5 Å². The first-order valence-corrected chi connectivity index (χ1v) is 7.15. The molecule has 1 aromatic rings. The summed E-state index contributed by atoms with van der Waals surface area (Å²) in [7, 11) is 0. The maximum Gasteiger partial charge on any atom is 0.321 e. The van der Waals surface area contributed by atoms with Crippen LogP contribution in [0.2, 0.25) is 0 Å². The lowest BCUT2D eigenvalue weighted by atomic mass is 10.2. The molecule has 122 valence electrons. The van der Waals surface area contributed by atoms with Gasteiger partial charge >= 0.3 is 6.03 Å². The Hall–Kier alpha value is -1.75. The number of amides is 2. The van der Waals surface area contributed by atoms with Gasteiger partial charge in [-0.1, -0.05) is 12.8 Å². The van der Waals surface area contributed by atoms with Crippen LogP contribution in [-0.4, -0.2) is 34.4 Å². The van der Waals surface area contributed by atoms with Gasteiger partial charge in [-0.15, -0.1) is 0 Å². The van der Waals surface area contributed by atoms with Gasteiger partial charge < -0.3 is 20.6 Å². The van der Waals surface area contributed by atoms with Crippen LogP contribution < -0.4 is 15.8 Å². The molecule has 0 saturated carbocycles. The number of rotatable bonds is 3. The van der Waals surface area contributed by atoms with Gasteiger partial charge in [-0.3, -0.25) is 0 Å². The van der Waals surface area contributed by atoms with Crippen LogP contribution >= 0.6 is 0 Å². The van der Waals surface area contributed by atoms with Crippen LogP contribution in [-0.2, 0) is 0 Å². The van der Waals surface area contributed by atoms with E-state index in [1.807, 2.05) is 0 Å². The SMILES string of the molecule is O=C(Nc1cc([NH+]([O-])O)cc([NH+]([O-])O)c1)N1CCCCCC1. The monoisotopic (exact) mass is 312 g/mol. The Labute approximate surface area is 127 Å². The highest BCUT2D eigenvalue weighted by Gasteiger charge is 2.17. The highest BCUT2D eigenvalue weighted by Crippen LogP contribution is 2.19. The van der Waals surface area contributed by atoms with E-state index < -0.39 is 10.5 Å². The van der Waals surface area contributed by atoms with E-state index in [0.717, 1.165) is 31.7 Å². The largest absolute Gasteiger partial charge is 0.595 e. The molecule has 5 N–H and O–H groups in total. The lowest BCUT2D eigenvalue weighted by molar-refractivity contribution is -0.996. The Morgan fingerprint density at radius 2 is 1.50 bits per heavy atom. The minimum atomic E-state index is -1.24. The molecule has 2 unspecified atom stereocenters. The Morgan fingerprint density at radius 1 is 1.00 bits per heavy atom. The van der Waals surface area contributed by atoms with Crippen molar-refractivity contribution in [1.82, 2.24) is 4.90 Å². The highest BCUT2D eigenvalue weighted by atomic mass is 16.8. The molecule has 22 heavy (non-hydrogen) atoms. The standard InChI is InChI=1S/C13H20N4O5/c18-13(15-5-3-1-2-4-6-15)14-10-7-11(16(19)20)9-12(8-10)17(21)22/h7-9,16-17,19,21H,1-6H2,(H,14,18). The van der Waals surface area contributed by atoms with Crippen LogP contribution in [0.4, 0.5) is 21.9 Å². The molecule has 0 bridgehead atoms. The van der Waals surface area contributed by atoms with Crippen LogP contribution in [0, 0.1) is 10.4 Å². The predicted octanol–water partition coefficient (Wildman–Crippen LogP) is -0.0987. The number of hydrogen-bond acceptors (Lipinski definition) is 5. The third-order valence-corrected chi connectivity index (χ3v) is 3.57. The maximum atomic E-state index is 12.2. The lowest BCUT2D eigenvalue weighted by Gasteiger charge is -2.22. The first-order valence-electron chi connectivity index (χ1n) is 7.15. The smallest absolute Gasteiger partial charge is 0.321 e. The molecule has 0 aliphatic carbocycles. The van der Waals surface area contributed by atoms with E-state index in [-0.39, 0.29) is 23.1 Å². The zero-order chi connectivity index (χ0) is 16.1. The van der Waals surface area contributed by atoms with E-state index in [0.29, 0.717) is 13.1 Å². The number of likely N-dealkylation sites (tertiary alicyclic amines) is 1. The Kier molecular flexibility index (Phi) is 5.66. The van der Waals surface area contributed by atoms with Crippen molar-refractivity contribution in [3.63, 3.8) is 0 Å². The molecule has 9 nitrogen and oxygen atoms in total. The molecule has 0 radical (unpaired) electrons. The normalized spacial score (nSPS) is 18.5. The number of quaternary nitrogens is 2. The van der Waals surface area contributed by atoms with Gasteiger partial charge in [0.05, 0.1) is 11.8 Å². The molecule has 1 saturated heterocycles. The molecular formula is C13H20N4O5. The van der Waals surface area contributed by atoms with E-state index in [4.69, 9.17) is 10.4 Å². The van der Waals surface area contributed by atoms with E-state index in [1.54, 1.807) is 4.90 Å². The number of carbonyl (C=O) groups excluding carboxylic acids is 1. The van der Waals surface area contributed by atoms with E-state index >= 15 is 0 Å². The maximum absolute atomic E-state index is 12.2. The van der Waals surface area contributed by atoms with Crippen molar-refractivity contribution in [2.45, 2.75) is 25.7 Å². The number of carbonyl (C=O) groups is 1. The minimum absolute atomic E-state index is 0.173. The van der Waals surface area contributed by atoms with E-state index in [1.165, 1.54) is 12.1 Å².